The largest absolute Gasteiger partial charge is 0.439 e. The molecule has 5 rings (SSSR count). The second-order valence-electron chi connectivity index (χ2n) is 8.63. The number of ether oxygens (including phenoxy) is 1. The molecule has 1 aliphatic heterocycles. The molecule has 3 heterocycles. The van der Waals surface area contributed by atoms with E-state index in [1.807, 2.05) is 53.0 Å². The summed E-state index contributed by atoms with van der Waals surface area (Å²) in [7, 11) is 0. The van der Waals surface area contributed by atoms with Crippen LogP contribution in [0.2, 0.25) is 0 Å². The van der Waals surface area contributed by atoms with E-state index in [1.54, 1.807) is 24.4 Å². The van der Waals surface area contributed by atoms with Gasteiger partial charge in [-0.25, -0.2) is 9.37 Å². The molecule has 1 saturated heterocycles. The average Bonchev–Trinajstić information content (AvgIpc) is 3.38. The van der Waals surface area contributed by atoms with Crippen LogP contribution in [0.25, 0.3) is 0 Å². The molecule has 1 fully saturated rings. The number of benzene rings is 2. The Morgan fingerprint density at radius 1 is 1.09 bits per heavy atom. The fourth-order valence-electron chi connectivity index (χ4n) is 4.42. The molecule has 0 radical (unpaired) electrons. The minimum Gasteiger partial charge on any atom is -0.439 e. The second-order valence-corrected chi connectivity index (χ2v) is 8.63. The molecule has 0 unspecified atom stereocenters. The molecule has 0 saturated carbocycles. The first-order chi connectivity index (χ1) is 17.1. The van der Waals surface area contributed by atoms with E-state index < -0.39 is 0 Å². The van der Waals surface area contributed by atoms with Gasteiger partial charge in [0.25, 0.3) is 5.91 Å². The maximum absolute atomic E-state index is 13.8. The van der Waals surface area contributed by atoms with Crippen molar-refractivity contribution in [2.45, 2.75) is 38.8 Å². The van der Waals surface area contributed by atoms with E-state index >= 15 is 0 Å². The Morgan fingerprint density at radius 2 is 1.91 bits per heavy atom. The van der Waals surface area contributed by atoms with Crippen molar-refractivity contribution in [3.63, 3.8) is 0 Å². The van der Waals surface area contributed by atoms with Crippen molar-refractivity contribution >= 4 is 5.91 Å². The van der Waals surface area contributed by atoms with Crippen molar-refractivity contribution in [2.24, 2.45) is 0 Å². The van der Waals surface area contributed by atoms with E-state index in [-0.39, 0.29) is 17.8 Å². The maximum atomic E-state index is 13.8. The third kappa shape index (κ3) is 5.21. The van der Waals surface area contributed by atoms with Gasteiger partial charge in [-0.05, 0) is 68.1 Å². The Kier molecular flexibility index (Phi) is 6.52. The number of aromatic nitrogens is 4. The monoisotopic (exact) mass is 471 g/mol. The van der Waals surface area contributed by atoms with Gasteiger partial charge in [0.15, 0.2) is 5.82 Å². The quantitative estimate of drug-likeness (QED) is 0.380. The first kappa shape index (κ1) is 22.7. The molecule has 8 heteroatoms. The molecule has 0 N–H and O–H groups in total. The van der Waals surface area contributed by atoms with Crippen molar-refractivity contribution in [2.75, 3.05) is 6.54 Å². The molecule has 1 aliphatic rings. The Bertz CT molecular complexity index is 1310. The molecule has 35 heavy (non-hydrogen) atoms. The summed E-state index contributed by atoms with van der Waals surface area (Å²) >= 11 is 0. The number of likely N-dealkylation sites (tertiary alicyclic amines) is 1. The van der Waals surface area contributed by atoms with Crippen LogP contribution in [0.5, 0.6) is 11.6 Å². The number of halogens is 1. The molecule has 0 bridgehead atoms. The summed E-state index contributed by atoms with van der Waals surface area (Å²) in [4.78, 5) is 25.0. The number of hydrogen-bond donors (Lipinski definition) is 0. The van der Waals surface area contributed by atoms with Crippen LogP contribution >= 0.6 is 0 Å². The number of amides is 1. The van der Waals surface area contributed by atoms with Crippen LogP contribution < -0.4 is 4.74 Å². The third-order valence-electron chi connectivity index (χ3n) is 6.09. The van der Waals surface area contributed by atoms with E-state index in [1.165, 1.54) is 12.1 Å². The van der Waals surface area contributed by atoms with Crippen molar-refractivity contribution in [1.82, 2.24) is 24.6 Å². The molecule has 2 aromatic heterocycles. The third-order valence-corrected chi connectivity index (χ3v) is 6.09. The number of hydrogen-bond acceptors (Lipinski definition) is 5. The molecule has 178 valence electrons. The molecule has 1 atom stereocenters. The van der Waals surface area contributed by atoms with Gasteiger partial charge < -0.3 is 9.64 Å². The van der Waals surface area contributed by atoms with Gasteiger partial charge in [0, 0.05) is 36.3 Å². The number of rotatable bonds is 6. The van der Waals surface area contributed by atoms with E-state index in [0.717, 1.165) is 30.5 Å². The van der Waals surface area contributed by atoms with Crippen LogP contribution in [0.15, 0.2) is 73.1 Å². The lowest BCUT2D eigenvalue weighted by Gasteiger charge is -2.35. The SMILES string of the molecule is Cc1cc(Oc2ccc(F)cc2)nc([C@H]2CCCCN2C(=O)c2ccccc2Cn2cccn2)n1. The average molecular weight is 472 g/mol. The van der Waals surface area contributed by atoms with Gasteiger partial charge in [-0.15, -0.1) is 0 Å². The van der Waals surface area contributed by atoms with Crippen molar-refractivity contribution < 1.29 is 13.9 Å². The first-order valence-corrected chi connectivity index (χ1v) is 11.7. The molecular formula is C27H26FN5O2. The topological polar surface area (TPSA) is 73.1 Å². The van der Waals surface area contributed by atoms with Crippen LogP contribution in [-0.2, 0) is 6.54 Å². The predicted octanol–water partition coefficient (Wildman–Crippen LogP) is 5.33. The molecular weight excluding hydrogens is 445 g/mol. The van der Waals surface area contributed by atoms with Crippen LogP contribution in [0.4, 0.5) is 4.39 Å². The smallest absolute Gasteiger partial charge is 0.254 e. The normalized spacial score (nSPS) is 15.7. The zero-order valence-electron chi connectivity index (χ0n) is 19.5. The molecule has 0 spiro atoms. The van der Waals surface area contributed by atoms with Gasteiger partial charge in [-0.2, -0.15) is 10.1 Å². The van der Waals surface area contributed by atoms with Gasteiger partial charge in [0.1, 0.15) is 11.6 Å². The second kappa shape index (κ2) is 10.0. The Hall–Kier alpha value is -4.07. The Labute approximate surface area is 203 Å². The standard InChI is InChI=1S/C27H26FN5O2/c1-19-17-25(35-22-12-10-21(28)11-13-22)31-26(30-19)24-9-4-5-16-33(24)27(34)23-8-3-2-7-20(23)18-32-15-6-14-29-32/h2-3,6-8,10-15,17,24H,4-5,9,16,18H2,1H3/t24-/m1/s1. The van der Waals surface area contributed by atoms with E-state index in [4.69, 9.17) is 4.74 Å². The summed E-state index contributed by atoms with van der Waals surface area (Å²) in [6.07, 6.45) is 6.29. The van der Waals surface area contributed by atoms with Gasteiger partial charge in [-0.1, -0.05) is 18.2 Å². The maximum Gasteiger partial charge on any atom is 0.254 e. The van der Waals surface area contributed by atoms with Crippen LogP contribution in [0.1, 0.15) is 52.7 Å². The summed E-state index contributed by atoms with van der Waals surface area (Å²) in [5.41, 5.74) is 2.31. The number of carbonyl (C=O) groups is 1. The fourth-order valence-corrected chi connectivity index (χ4v) is 4.42. The zero-order chi connectivity index (χ0) is 24.2. The molecule has 2 aromatic carbocycles. The van der Waals surface area contributed by atoms with Gasteiger partial charge in [0.05, 0.1) is 12.6 Å². The Morgan fingerprint density at radius 3 is 2.71 bits per heavy atom. The molecule has 1 amide bonds. The lowest BCUT2D eigenvalue weighted by molar-refractivity contribution is 0.0597. The highest BCUT2D eigenvalue weighted by Gasteiger charge is 2.32. The van der Waals surface area contributed by atoms with E-state index in [2.05, 4.69) is 15.1 Å². The van der Waals surface area contributed by atoms with Crippen molar-refractivity contribution in [3.8, 4) is 11.6 Å². The highest BCUT2D eigenvalue weighted by Crippen LogP contribution is 2.32. The minimum atomic E-state index is -0.332. The lowest BCUT2D eigenvalue weighted by atomic mass is 9.98. The van der Waals surface area contributed by atoms with Gasteiger partial charge in [-0.3, -0.25) is 9.48 Å². The van der Waals surface area contributed by atoms with Gasteiger partial charge >= 0.3 is 0 Å². The summed E-state index contributed by atoms with van der Waals surface area (Å²) in [5, 5.41) is 4.28. The number of nitrogens with zero attached hydrogens (tertiary/aromatic N) is 5. The minimum absolute atomic E-state index is 0.0384. The van der Waals surface area contributed by atoms with Gasteiger partial charge in [0.2, 0.25) is 5.88 Å². The van der Waals surface area contributed by atoms with E-state index in [0.29, 0.717) is 36.1 Å². The molecule has 4 aromatic rings. The van der Waals surface area contributed by atoms with Crippen LogP contribution in [0, 0.1) is 12.7 Å². The summed E-state index contributed by atoms with van der Waals surface area (Å²) in [6, 6.07) is 16.8. The molecule has 0 aliphatic carbocycles. The number of piperidine rings is 1. The summed E-state index contributed by atoms with van der Waals surface area (Å²) in [5.74, 6) is 1.04. The number of carbonyl (C=O) groups excluding carboxylic acids is 1. The fraction of sp³-hybridized carbons (Fsp3) is 0.259. The lowest BCUT2D eigenvalue weighted by Crippen LogP contribution is -2.39. The number of aryl methyl sites for hydroxylation is 1. The van der Waals surface area contributed by atoms with Crippen molar-refractivity contribution in [1.29, 1.82) is 0 Å². The van der Waals surface area contributed by atoms with E-state index in [9.17, 15) is 9.18 Å². The highest BCUT2D eigenvalue weighted by molar-refractivity contribution is 5.96. The summed E-state index contributed by atoms with van der Waals surface area (Å²) < 4.78 is 20.9. The van der Waals surface area contributed by atoms with Crippen LogP contribution in [0.3, 0.4) is 0 Å². The zero-order valence-corrected chi connectivity index (χ0v) is 19.5. The first-order valence-electron chi connectivity index (χ1n) is 11.7. The predicted molar refractivity (Wildman–Crippen MR) is 129 cm³/mol. The summed E-state index contributed by atoms with van der Waals surface area (Å²) in [6.45, 7) is 3.02. The van der Waals surface area contributed by atoms with Crippen LogP contribution in [-0.4, -0.2) is 37.1 Å². The Balaban J connectivity index is 1.43. The highest BCUT2D eigenvalue weighted by atomic mass is 19.1. The molecule has 7 nitrogen and oxygen atoms in total. The van der Waals surface area contributed by atoms with Crippen molar-refractivity contribution in [3.05, 3.63) is 102 Å².